The van der Waals surface area contributed by atoms with Gasteiger partial charge in [-0.2, -0.15) is 0 Å². The van der Waals surface area contributed by atoms with Crippen LogP contribution in [0.25, 0.3) is 21.8 Å². The van der Waals surface area contributed by atoms with Gasteiger partial charge in [0.2, 0.25) is 0 Å². The molecule has 2 heterocycles. The maximum Gasteiger partial charge on any atom is 3.00 e. The second-order valence-electron chi connectivity index (χ2n) is 27.1. The summed E-state index contributed by atoms with van der Waals surface area (Å²) in [4.78, 5) is 54.1. The topological polar surface area (TPSA) is 232 Å². The van der Waals surface area contributed by atoms with Gasteiger partial charge in [0.1, 0.15) is 0 Å². The van der Waals surface area contributed by atoms with Crippen molar-refractivity contribution in [3.05, 3.63) is 119 Å². The van der Waals surface area contributed by atoms with E-state index < -0.39 is 43.3 Å². The molecule has 2 radical (unpaired) electrons. The summed E-state index contributed by atoms with van der Waals surface area (Å²) >= 11 is 0. The van der Waals surface area contributed by atoms with Crippen molar-refractivity contribution in [2.75, 3.05) is 0 Å². The van der Waals surface area contributed by atoms with Gasteiger partial charge in [-0.25, -0.2) is 0 Å². The maximum atomic E-state index is 11.4. The molecule has 438 valence electrons. The average Bonchev–Trinajstić information content (AvgIpc) is 3.22. The van der Waals surface area contributed by atoms with Crippen LogP contribution in [0.2, 0.25) is 0 Å². The molecule has 0 amide bonds. The quantitative estimate of drug-likeness (QED) is 0.137. The third-order valence-electron chi connectivity index (χ3n) is 10.6. The van der Waals surface area contributed by atoms with Crippen LogP contribution in [0.15, 0.2) is 108 Å². The summed E-state index contributed by atoms with van der Waals surface area (Å²) in [5.41, 5.74) is -0.764. The number of ketones is 4. The zero-order chi connectivity index (χ0) is 60.6. The monoisotopic (exact) mass is 1380 g/mol. The van der Waals surface area contributed by atoms with Gasteiger partial charge in [-0.1, -0.05) is 226 Å². The first kappa shape index (κ1) is 80.7. The Bertz CT molecular complexity index is 2420. The molecule has 0 N–H and O–H groups in total. The Kier molecular flexibility index (Phi) is 33.8. The van der Waals surface area contributed by atoms with Gasteiger partial charge in [0.15, 0.2) is 23.1 Å². The predicted octanol–water partition coefficient (Wildman–Crippen LogP) is 10.8. The Balaban J connectivity index is -0.000000419. The van der Waals surface area contributed by atoms with Crippen LogP contribution in [0.4, 0.5) is 0 Å². The number of carbonyl (C=O) groups excluding carboxylic acids is 4. The standard InChI is InChI=1S/4C11H20O2.2C10H9NO.2Dy/c4*1-10(2,3)8(12)7-9(13)11(4,5)6;2*1-7-5-6-8-3-2-4-9(12)10(8)11-7;;/h4*7,12H,1-6H3;2*2-6,12H,1H3;;/q;;;;;;2*+3/p-6/b4*8-7-;;;;. The number of hydrogen-bond acceptors (Lipinski definition) is 12. The van der Waals surface area contributed by atoms with Gasteiger partial charge >= 0.3 is 76.3 Å². The van der Waals surface area contributed by atoms with Crippen molar-refractivity contribution < 1.29 is 126 Å². The Hall–Kier alpha value is -3.75. The molecule has 0 bridgehead atoms. The minimum absolute atomic E-state index is 0. The smallest absolute Gasteiger partial charge is 0.875 e. The molecule has 4 rings (SSSR count). The molecule has 0 saturated heterocycles. The number of carbonyl (C=O) groups is 4. The van der Waals surface area contributed by atoms with Gasteiger partial charge in [0, 0.05) is 33.0 Å². The van der Waals surface area contributed by atoms with E-state index in [2.05, 4.69) is 9.97 Å². The van der Waals surface area contributed by atoms with Crippen molar-refractivity contribution in [1.82, 2.24) is 9.97 Å². The number of aromatic nitrogens is 2. The maximum absolute atomic E-state index is 11.4. The van der Waals surface area contributed by atoms with Crippen molar-refractivity contribution in [3.8, 4) is 11.5 Å². The molecule has 0 atom stereocenters. The van der Waals surface area contributed by atoms with Gasteiger partial charge in [0.25, 0.3) is 0 Å². The number of aryl methyl sites for hydroxylation is 2. The van der Waals surface area contributed by atoms with Crippen molar-refractivity contribution in [1.29, 1.82) is 0 Å². The molecule has 12 nitrogen and oxygen atoms in total. The van der Waals surface area contributed by atoms with Crippen molar-refractivity contribution in [2.24, 2.45) is 43.3 Å². The molecule has 0 spiro atoms. The van der Waals surface area contributed by atoms with Gasteiger partial charge < -0.3 is 30.6 Å². The minimum Gasteiger partial charge on any atom is -0.875 e. The number of rotatable bonds is 4. The first-order chi connectivity index (χ1) is 33.7. The molecule has 0 aliphatic rings. The largest absolute Gasteiger partial charge is 3.00 e. The van der Waals surface area contributed by atoms with Crippen molar-refractivity contribution >= 4 is 44.9 Å². The summed E-state index contributed by atoms with van der Waals surface area (Å²) < 4.78 is 0. The molecular formula is C64H92Dy2N2O10. The number of nitrogens with zero attached hydrogens (tertiary/aromatic N) is 2. The first-order valence-corrected chi connectivity index (χ1v) is 25.6. The number of para-hydroxylation sites is 2. The van der Waals surface area contributed by atoms with E-state index in [-0.39, 0.29) is 134 Å². The number of fused-ring (bicyclic) bond motifs is 2. The molecule has 2 aromatic carbocycles. The van der Waals surface area contributed by atoms with E-state index in [0.29, 0.717) is 11.0 Å². The fraction of sp³-hybridized carbons (Fsp3) is 0.531. The number of benzene rings is 2. The number of hydrogen-bond donors (Lipinski definition) is 0. The van der Waals surface area contributed by atoms with Gasteiger partial charge in [0.05, 0.1) is 11.0 Å². The SMILES string of the molecule is CC(C)(C)C(=O)/C=C(\[O-])C(C)(C)C.CC(C)(C)C(=O)/C=C(\[O-])C(C)(C)C.CC(C)(C)C(=O)/C=C(\[O-])C(C)(C)C.CC(C)(C)C(=O)/C=C(\[O-])C(C)(C)C.Cc1ccc2cccc([O-])c2n1.Cc1ccc2cccc([O-])c2n1.[Dy+3].[Dy+3]. The second-order valence-corrected chi connectivity index (χ2v) is 27.1. The predicted molar refractivity (Wildman–Crippen MR) is 300 cm³/mol. The van der Waals surface area contributed by atoms with Gasteiger partial charge in [-0.3, -0.25) is 29.1 Å². The van der Waals surface area contributed by atoms with Gasteiger partial charge in [-0.05, 0) is 82.7 Å². The number of allylic oxidation sites excluding steroid dienone is 8. The van der Waals surface area contributed by atoms with E-state index in [1.165, 1.54) is 36.4 Å². The second kappa shape index (κ2) is 32.6. The molecule has 4 aromatic rings. The Morgan fingerprint density at radius 2 is 0.526 bits per heavy atom. The van der Waals surface area contributed by atoms with E-state index in [1.807, 2.05) is 216 Å². The van der Waals surface area contributed by atoms with E-state index in [0.717, 1.165) is 22.2 Å². The van der Waals surface area contributed by atoms with Crippen LogP contribution in [-0.2, 0) is 19.2 Å². The Labute approximate surface area is 530 Å². The third kappa shape index (κ3) is 32.5. The van der Waals surface area contributed by atoms with Crippen LogP contribution in [0.5, 0.6) is 11.5 Å². The van der Waals surface area contributed by atoms with Crippen LogP contribution >= 0.6 is 0 Å². The van der Waals surface area contributed by atoms with E-state index >= 15 is 0 Å². The van der Waals surface area contributed by atoms with Crippen LogP contribution in [0.3, 0.4) is 0 Å². The fourth-order valence-electron chi connectivity index (χ4n) is 4.64. The molecule has 0 aliphatic carbocycles. The molecule has 0 saturated carbocycles. The van der Waals surface area contributed by atoms with Crippen molar-refractivity contribution in [2.45, 2.75) is 180 Å². The normalized spacial score (nSPS) is 12.8. The van der Waals surface area contributed by atoms with E-state index in [1.54, 1.807) is 12.1 Å². The van der Waals surface area contributed by atoms with Gasteiger partial charge in [-0.15, -0.1) is 23.0 Å². The van der Waals surface area contributed by atoms with E-state index in [9.17, 15) is 49.8 Å². The Morgan fingerprint density at radius 1 is 0.333 bits per heavy atom. The fourth-order valence-corrected chi connectivity index (χ4v) is 4.64. The Morgan fingerprint density at radius 3 is 0.692 bits per heavy atom. The van der Waals surface area contributed by atoms with E-state index in [4.69, 9.17) is 0 Å². The summed E-state index contributed by atoms with van der Waals surface area (Å²) in [6.07, 6.45) is 4.89. The average molecular weight is 1370 g/mol. The summed E-state index contributed by atoms with van der Waals surface area (Å²) in [7, 11) is 0. The molecular weight excluding hydrogens is 1280 g/mol. The van der Waals surface area contributed by atoms with Crippen LogP contribution in [0, 0.1) is 134 Å². The summed E-state index contributed by atoms with van der Waals surface area (Å²) in [6, 6.07) is 18.0. The van der Waals surface area contributed by atoms with Crippen LogP contribution < -0.4 is 30.6 Å². The molecule has 78 heavy (non-hydrogen) atoms. The molecule has 14 heteroatoms. The zero-order valence-electron chi connectivity index (χ0n) is 51.7. The molecule has 0 aliphatic heterocycles. The molecule has 0 unspecified atom stereocenters. The van der Waals surface area contributed by atoms with Crippen LogP contribution in [-0.4, -0.2) is 33.1 Å². The third-order valence-corrected chi connectivity index (χ3v) is 10.6. The first-order valence-electron chi connectivity index (χ1n) is 25.6. The molecule has 0 fully saturated rings. The summed E-state index contributed by atoms with van der Waals surface area (Å²) in [5.74, 6) is -0.841. The summed E-state index contributed by atoms with van der Waals surface area (Å²) in [6.45, 7) is 47.1. The molecule has 2 aromatic heterocycles. The minimum atomic E-state index is -0.457. The summed E-state index contributed by atoms with van der Waals surface area (Å²) in [5, 5.41) is 70.1. The number of pyridine rings is 2. The van der Waals surface area contributed by atoms with Crippen molar-refractivity contribution in [3.63, 3.8) is 0 Å². The zero-order valence-corrected chi connectivity index (χ0v) is 55.8. The van der Waals surface area contributed by atoms with Crippen LogP contribution in [0.1, 0.15) is 178 Å².